The molecule has 7 heteroatoms. The largest absolute Gasteiger partial charge is 0.407 e. The van der Waals surface area contributed by atoms with Crippen LogP contribution in [0.1, 0.15) is 19.8 Å². The predicted octanol–water partition coefficient (Wildman–Crippen LogP) is 3.62. The third-order valence-corrected chi connectivity index (χ3v) is 5.81. The molecule has 2 fully saturated rings. The summed E-state index contributed by atoms with van der Waals surface area (Å²) in [6, 6.07) is 3.67. The first-order chi connectivity index (χ1) is 12.0. The molecule has 2 unspecified atom stereocenters. The summed E-state index contributed by atoms with van der Waals surface area (Å²) in [5.41, 5.74) is 0. The zero-order valence-corrected chi connectivity index (χ0v) is 15.4. The van der Waals surface area contributed by atoms with Gasteiger partial charge in [0.2, 0.25) is 13.3 Å². The maximum Gasteiger partial charge on any atom is 0.244 e. The van der Waals surface area contributed by atoms with Crippen molar-refractivity contribution in [3.8, 4) is 0 Å². The summed E-state index contributed by atoms with van der Waals surface area (Å²) in [5.74, 6) is 3.52. The van der Waals surface area contributed by atoms with Gasteiger partial charge in [-0.15, -0.1) is 0 Å². The maximum atomic E-state index is 12.5. The molecule has 2 heterocycles. The van der Waals surface area contributed by atoms with Crippen LogP contribution >= 0.6 is 11.6 Å². The number of nitrogens with zero attached hydrogens (tertiary/aromatic N) is 3. The molecule has 5 nitrogen and oxygen atoms in total. The Balaban J connectivity index is 1.56. The molecule has 1 amide bonds. The Hall–Kier alpha value is -1.82. The number of fused-ring (bicyclic) bond motifs is 2. The molecule has 2 aliphatic rings. The van der Waals surface area contributed by atoms with Gasteiger partial charge >= 0.3 is 0 Å². The number of rotatable bonds is 4. The Bertz CT molecular complexity index is 833. The Morgan fingerprint density at radius 2 is 2.08 bits per heavy atom. The summed E-state index contributed by atoms with van der Waals surface area (Å²) in [5, 5.41) is 5.23. The van der Waals surface area contributed by atoms with Gasteiger partial charge in [0.05, 0.1) is 0 Å². The first kappa shape index (κ1) is 16.6. The topological polar surface area (TPSA) is 58.1 Å². The third-order valence-electron chi connectivity index (χ3n) is 5.62. The van der Waals surface area contributed by atoms with E-state index < -0.39 is 0 Å². The molecule has 2 aromatic rings. The predicted molar refractivity (Wildman–Crippen MR) is 102 cm³/mol. The summed E-state index contributed by atoms with van der Waals surface area (Å²) in [6.45, 7) is 4.20. The number of anilines is 2. The van der Waals surface area contributed by atoms with E-state index in [9.17, 15) is 4.79 Å². The molecule has 0 spiro atoms. The van der Waals surface area contributed by atoms with Crippen molar-refractivity contribution in [1.82, 2.24) is 9.97 Å². The fourth-order valence-corrected chi connectivity index (χ4v) is 4.47. The van der Waals surface area contributed by atoms with Gasteiger partial charge in [-0.05, 0) is 55.2 Å². The number of aromatic nitrogens is 2. The molecule has 4 rings (SSSR count). The molecule has 0 aromatic carbocycles. The Morgan fingerprint density at radius 1 is 1.36 bits per heavy atom. The van der Waals surface area contributed by atoms with Crippen molar-refractivity contribution in [2.45, 2.75) is 26.6 Å². The number of halogens is 1. The molecule has 2 aliphatic carbocycles. The molecular formula is C18H21BClN4O. The molecule has 1 radical (unpaired) electrons. The van der Waals surface area contributed by atoms with Crippen LogP contribution in [-0.4, -0.2) is 30.3 Å². The number of hydrogen-bond acceptors (Lipinski definition) is 4. The summed E-state index contributed by atoms with van der Waals surface area (Å²) >= 11 is 6.16. The van der Waals surface area contributed by atoms with Gasteiger partial charge in [-0.3, -0.25) is 4.79 Å². The molecule has 2 saturated carbocycles. The SMILES string of the molecule is C[B]N(C)c1nc(Cl)cc2cc(NC(=O)C3[C@H]4CC(C)C[C@@H]34)ncc12. The smallest absolute Gasteiger partial charge is 0.244 e. The highest BCUT2D eigenvalue weighted by atomic mass is 35.5. The van der Waals surface area contributed by atoms with Crippen LogP contribution in [0.2, 0.25) is 12.0 Å². The zero-order valence-electron chi connectivity index (χ0n) is 14.7. The fourth-order valence-electron chi connectivity index (χ4n) is 4.27. The minimum Gasteiger partial charge on any atom is -0.407 e. The monoisotopic (exact) mass is 355 g/mol. The van der Waals surface area contributed by atoms with Crippen molar-refractivity contribution in [2.24, 2.45) is 23.7 Å². The fraction of sp³-hybridized carbons (Fsp3) is 0.500. The van der Waals surface area contributed by atoms with E-state index >= 15 is 0 Å². The van der Waals surface area contributed by atoms with Gasteiger partial charge in [0, 0.05) is 17.5 Å². The maximum absolute atomic E-state index is 12.5. The molecule has 2 aromatic heterocycles. The Morgan fingerprint density at radius 3 is 2.76 bits per heavy atom. The number of carbonyl (C=O) groups is 1. The summed E-state index contributed by atoms with van der Waals surface area (Å²) < 4.78 is 0. The summed E-state index contributed by atoms with van der Waals surface area (Å²) in [6.07, 6.45) is 4.11. The van der Waals surface area contributed by atoms with Gasteiger partial charge in [0.15, 0.2) is 0 Å². The van der Waals surface area contributed by atoms with Crippen LogP contribution in [0, 0.1) is 23.7 Å². The normalized spacial score (nSPS) is 27.0. The average Bonchev–Trinajstić information content (AvgIpc) is 3.10. The molecule has 1 N–H and O–H groups in total. The lowest BCUT2D eigenvalue weighted by Gasteiger charge is -2.18. The molecular weight excluding hydrogens is 334 g/mol. The van der Waals surface area contributed by atoms with Crippen LogP contribution in [0.5, 0.6) is 0 Å². The van der Waals surface area contributed by atoms with Crippen molar-refractivity contribution in [1.29, 1.82) is 0 Å². The Kier molecular flexibility index (Phi) is 4.10. The standard InChI is InChI=1S/C18H21BClN4O/c1-9-4-11-12(5-9)16(11)18(25)23-15-7-10-6-14(20)22-17(24(3)19-2)13(10)8-21-15/h6-9,11-12,16H,4-5H2,1-3H3,(H,21,23,25)/t9?,11-,12+,16?. The molecule has 0 aliphatic heterocycles. The van der Waals surface area contributed by atoms with Crippen molar-refractivity contribution < 1.29 is 4.79 Å². The molecule has 0 bridgehead atoms. The van der Waals surface area contributed by atoms with E-state index in [1.807, 2.05) is 32.2 Å². The van der Waals surface area contributed by atoms with E-state index in [4.69, 9.17) is 11.6 Å². The van der Waals surface area contributed by atoms with E-state index in [0.29, 0.717) is 22.8 Å². The second-order valence-electron chi connectivity index (χ2n) is 7.35. The average molecular weight is 356 g/mol. The number of nitrogens with one attached hydrogen (secondary N) is 1. The van der Waals surface area contributed by atoms with E-state index in [1.54, 1.807) is 12.3 Å². The van der Waals surface area contributed by atoms with Crippen LogP contribution < -0.4 is 10.1 Å². The number of hydrogen-bond donors (Lipinski definition) is 1. The van der Waals surface area contributed by atoms with Crippen LogP contribution in [-0.2, 0) is 4.79 Å². The van der Waals surface area contributed by atoms with E-state index in [0.717, 1.165) is 22.5 Å². The van der Waals surface area contributed by atoms with Gasteiger partial charge in [-0.2, -0.15) is 0 Å². The van der Waals surface area contributed by atoms with Crippen LogP contribution in [0.15, 0.2) is 18.3 Å². The van der Waals surface area contributed by atoms with Crippen molar-refractivity contribution in [2.75, 3.05) is 17.2 Å². The van der Waals surface area contributed by atoms with Crippen molar-refractivity contribution >= 4 is 47.3 Å². The van der Waals surface area contributed by atoms with Gasteiger partial charge in [-0.1, -0.05) is 25.3 Å². The number of carbonyl (C=O) groups excluding carboxylic acids is 1. The highest BCUT2D eigenvalue weighted by molar-refractivity contribution is 6.40. The minimum atomic E-state index is 0.105. The highest BCUT2D eigenvalue weighted by Crippen LogP contribution is 2.59. The quantitative estimate of drug-likeness (QED) is 0.672. The zero-order chi connectivity index (χ0) is 17.7. The van der Waals surface area contributed by atoms with Gasteiger partial charge in [-0.25, -0.2) is 9.97 Å². The van der Waals surface area contributed by atoms with Crippen LogP contribution in [0.25, 0.3) is 10.8 Å². The van der Waals surface area contributed by atoms with Crippen LogP contribution in [0.4, 0.5) is 11.6 Å². The lowest BCUT2D eigenvalue weighted by Crippen LogP contribution is -2.21. The lowest BCUT2D eigenvalue weighted by molar-refractivity contribution is -0.118. The molecule has 0 saturated heterocycles. The Labute approximate surface area is 153 Å². The first-order valence-electron chi connectivity index (χ1n) is 8.77. The van der Waals surface area contributed by atoms with Gasteiger partial charge in [0.1, 0.15) is 16.8 Å². The van der Waals surface area contributed by atoms with Crippen molar-refractivity contribution in [3.05, 3.63) is 23.5 Å². The number of pyridine rings is 2. The van der Waals surface area contributed by atoms with E-state index in [1.165, 1.54) is 12.8 Å². The molecule has 25 heavy (non-hydrogen) atoms. The first-order valence-corrected chi connectivity index (χ1v) is 9.15. The summed E-state index contributed by atoms with van der Waals surface area (Å²) in [7, 11) is 3.83. The van der Waals surface area contributed by atoms with Gasteiger partial charge in [0.25, 0.3) is 0 Å². The molecule has 4 atom stereocenters. The van der Waals surface area contributed by atoms with Crippen LogP contribution in [0.3, 0.4) is 0 Å². The van der Waals surface area contributed by atoms with Gasteiger partial charge < -0.3 is 10.1 Å². The minimum absolute atomic E-state index is 0.105. The highest BCUT2D eigenvalue weighted by Gasteiger charge is 2.58. The number of amides is 1. The van der Waals surface area contributed by atoms with E-state index in [-0.39, 0.29) is 11.8 Å². The lowest BCUT2D eigenvalue weighted by atomic mass is 9.96. The summed E-state index contributed by atoms with van der Waals surface area (Å²) in [4.78, 5) is 23.2. The second kappa shape index (κ2) is 6.17. The third kappa shape index (κ3) is 2.97. The van der Waals surface area contributed by atoms with Crippen molar-refractivity contribution in [3.63, 3.8) is 0 Å². The van der Waals surface area contributed by atoms with E-state index in [2.05, 4.69) is 22.2 Å². The molecule has 129 valence electrons. The second-order valence-corrected chi connectivity index (χ2v) is 7.73.